The third kappa shape index (κ3) is 1.82. The largest absolute Gasteiger partial charge is 0.327 e. The zero-order valence-corrected chi connectivity index (χ0v) is 5.45. The molecule has 0 fully saturated rings. The van der Waals surface area contributed by atoms with Crippen molar-refractivity contribution < 1.29 is 9.30 Å². The van der Waals surface area contributed by atoms with Crippen molar-refractivity contribution >= 4 is 0 Å². The van der Waals surface area contributed by atoms with E-state index in [2.05, 4.69) is 0 Å². The summed E-state index contributed by atoms with van der Waals surface area (Å²) in [5.74, 6) is 0. The lowest BCUT2D eigenvalue weighted by Crippen LogP contribution is -2.32. The van der Waals surface area contributed by atoms with E-state index in [4.69, 9.17) is 4.74 Å². The van der Waals surface area contributed by atoms with Crippen LogP contribution in [0.5, 0.6) is 0 Å². The molecule has 9 heavy (non-hydrogen) atoms. The number of rotatable bonds is 2. The van der Waals surface area contributed by atoms with Crippen molar-refractivity contribution in [3.05, 3.63) is 30.6 Å². The fraction of sp³-hybridized carbons (Fsp3) is 0.286. The van der Waals surface area contributed by atoms with Gasteiger partial charge < -0.3 is 4.74 Å². The Morgan fingerprint density at radius 2 is 1.89 bits per heavy atom. The highest BCUT2D eigenvalue weighted by Gasteiger charge is 1.90. The van der Waals surface area contributed by atoms with E-state index in [0.29, 0.717) is 6.73 Å². The van der Waals surface area contributed by atoms with Crippen LogP contribution >= 0.6 is 0 Å². The van der Waals surface area contributed by atoms with Gasteiger partial charge in [0.25, 0.3) is 6.73 Å². The van der Waals surface area contributed by atoms with Crippen molar-refractivity contribution in [2.75, 3.05) is 7.11 Å². The van der Waals surface area contributed by atoms with Crippen LogP contribution in [0.2, 0.25) is 0 Å². The zero-order chi connectivity index (χ0) is 6.53. The van der Waals surface area contributed by atoms with Gasteiger partial charge in [-0.2, -0.15) is 4.57 Å². The second-order valence-corrected chi connectivity index (χ2v) is 1.81. The maximum Gasteiger partial charge on any atom is 0.252 e. The first-order chi connectivity index (χ1) is 4.43. The minimum atomic E-state index is 0.626. The Labute approximate surface area is 54.7 Å². The minimum absolute atomic E-state index is 0.626. The summed E-state index contributed by atoms with van der Waals surface area (Å²) in [5.41, 5.74) is 0. The summed E-state index contributed by atoms with van der Waals surface area (Å²) in [6.07, 6.45) is 3.92. The lowest BCUT2D eigenvalue weighted by atomic mass is 10.5. The molecule has 48 valence electrons. The summed E-state index contributed by atoms with van der Waals surface area (Å²) >= 11 is 0. The van der Waals surface area contributed by atoms with Crippen LogP contribution in [0.1, 0.15) is 0 Å². The van der Waals surface area contributed by atoms with Gasteiger partial charge in [0.15, 0.2) is 12.4 Å². The van der Waals surface area contributed by atoms with E-state index in [1.54, 1.807) is 7.11 Å². The van der Waals surface area contributed by atoms with Crippen LogP contribution in [0.4, 0.5) is 0 Å². The molecule has 0 saturated carbocycles. The lowest BCUT2D eigenvalue weighted by Gasteiger charge is -1.90. The van der Waals surface area contributed by atoms with Gasteiger partial charge in [0, 0.05) is 19.2 Å². The van der Waals surface area contributed by atoms with Crippen molar-refractivity contribution in [1.82, 2.24) is 0 Å². The first-order valence-corrected chi connectivity index (χ1v) is 2.86. The molecule has 2 nitrogen and oxygen atoms in total. The fourth-order valence-electron chi connectivity index (χ4n) is 0.669. The Bertz CT molecular complexity index is 162. The van der Waals surface area contributed by atoms with Gasteiger partial charge in [-0.05, 0) is 0 Å². The summed E-state index contributed by atoms with van der Waals surface area (Å²) in [6, 6.07) is 5.92. The van der Waals surface area contributed by atoms with Gasteiger partial charge in [0.1, 0.15) is 0 Å². The number of ether oxygens (including phenoxy) is 1. The Morgan fingerprint density at radius 1 is 1.22 bits per heavy atom. The van der Waals surface area contributed by atoms with Gasteiger partial charge >= 0.3 is 0 Å². The van der Waals surface area contributed by atoms with Crippen LogP contribution in [-0.4, -0.2) is 7.11 Å². The fourth-order valence-corrected chi connectivity index (χ4v) is 0.669. The lowest BCUT2D eigenvalue weighted by molar-refractivity contribution is -0.731. The Morgan fingerprint density at radius 3 is 2.44 bits per heavy atom. The molecular weight excluding hydrogens is 114 g/mol. The van der Waals surface area contributed by atoms with Crippen molar-refractivity contribution in [2.24, 2.45) is 0 Å². The summed E-state index contributed by atoms with van der Waals surface area (Å²) in [7, 11) is 1.68. The second-order valence-electron chi connectivity index (χ2n) is 1.81. The molecule has 0 radical (unpaired) electrons. The van der Waals surface area contributed by atoms with E-state index < -0.39 is 0 Å². The summed E-state index contributed by atoms with van der Waals surface area (Å²) in [6.45, 7) is 0.626. The monoisotopic (exact) mass is 124 g/mol. The third-order valence-electron chi connectivity index (χ3n) is 1.06. The maximum atomic E-state index is 4.89. The number of hydrogen-bond acceptors (Lipinski definition) is 1. The maximum absolute atomic E-state index is 4.89. The van der Waals surface area contributed by atoms with Crippen LogP contribution < -0.4 is 4.57 Å². The molecule has 0 aromatic carbocycles. The molecule has 0 N–H and O–H groups in total. The Kier molecular flexibility index (Phi) is 2.22. The van der Waals surface area contributed by atoms with Gasteiger partial charge in [-0.25, -0.2) is 0 Å². The van der Waals surface area contributed by atoms with E-state index >= 15 is 0 Å². The molecule has 0 saturated heterocycles. The molecule has 0 spiro atoms. The summed E-state index contributed by atoms with van der Waals surface area (Å²) < 4.78 is 6.85. The van der Waals surface area contributed by atoms with E-state index in [0.717, 1.165) is 0 Å². The average molecular weight is 124 g/mol. The predicted octanol–water partition coefficient (Wildman–Crippen LogP) is 0.578. The number of methoxy groups -OCH3 is 1. The van der Waals surface area contributed by atoms with Crippen molar-refractivity contribution in [3.8, 4) is 0 Å². The van der Waals surface area contributed by atoms with E-state index in [1.165, 1.54) is 0 Å². The highest BCUT2D eigenvalue weighted by atomic mass is 16.5. The summed E-state index contributed by atoms with van der Waals surface area (Å²) in [4.78, 5) is 0. The first-order valence-electron chi connectivity index (χ1n) is 2.86. The molecule has 0 aliphatic rings. The molecule has 1 rings (SSSR count). The van der Waals surface area contributed by atoms with Crippen LogP contribution in [0, 0.1) is 0 Å². The van der Waals surface area contributed by atoms with Gasteiger partial charge in [0.05, 0.1) is 0 Å². The highest BCUT2D eigenvalue weighted by molar-refractivity contribution is 4.83. The highest BCUT2D eigenvalue weighted by Crippen LogP contribution is 1.75. The predicted molar refractivity (Wildman–Crippen MR) is 33.6 cm³/mol. The molecule has 0 unspecified atom stereocenters. The average Bonchev–Trinajstić information content (AvgIpc) is 1.91. The number of hydrogen-bond donors (Lipinski definition) is 0. The van der Waals surface area contributed by atoms with Crippen LogP contribution in [0.15, 0.2) is 30.6 Å². The molecule has 1 aromatic rings. The normalized spacial score (nSPS) is 9.44. The molecule has 0 atom stereocenters. The van der Waals surface area contributed by atoms with Gasteiger partial charge in [-0.15, -0.1) is 0 Å². The Balaban J connectivity index is 2.61. The summed E-state index contributed by atoms with van der Waals surface area (Å²) in [5, 5.41) is 0. The quantitative estimate of drug-likeness (QED) is 0.525. The number of aromatic nitrogens is 1. The van der Waals surface area contributed by atoms with E-state index in [-0.39, 0.29) is 0 Å². The van der Waals surface area contributed by atoms with E-state index in [9.17, 15) is 0 Å². The van der Waals surface area contributed by atoms with Gasteiger partial charge in [0.2, 0.25) is 0 Å². The molecule has 0 bridgehead atoms. The van der Waals surface area contributed by atoms with Crippen LogP contribution in [-0.2, 0) is 11.5 Å². The molecular formula is C7H10NO+. The second kappa shape index (κ2) is 3.20. The minimum Gasteiger partial charge on any atom is -0.327 e. The SMILES string of the molecule is COC[n+]1ccccc1. The Hall–Kier alpha value is -0.890. The van der Waals surface area contributed by atoms with Crippen molar-refractivity contribution in [2.45, 2.75) is 6.73 Å². The standard InChI is InChI=1S/C7H10NO/c1-9-7-8-5-3-2-4-6-8/h2-6H,7H2,1H3/q+1. The molecule has 1 aromatic heterocycles. The van der Waals surface area contributed by atoms with Crippen molar-refractivity contribution in [1.29, 1.82) is 0 Å². The van der Waals surface area contributed by atoms with Gasteiger partial charge in [-0.1, -0.05) is 6.07 Å². The molecule has 0 amide bonds. The van der Waals surface area contributed by atoms with Crippen LogP contribution in [0.3, 0.4) is 0 Å². The first kappa shape index (κ1) is 6.23. The molecule has 0 aliphatic carbocycles. The number of pyridine rings is 1. The van der Waals surface area contributed by atoms with Crippen molar-refractivity contribution in [3.63, 3.8) is 0 Å². The molecule has 1 heterocycles. The smallest absolute Gasteiger partial charge is 0.252 e. The molecule has 0 aliphatic heterocycles. The topological polar surface area (TPSA) is 13.1 Å². The van der Waals surface area contributed by atoms with E-state index in [1.807, 2.05) is 35.2 Å². The third-order valence-corrected chi connectivity index (χ3v) is 1.06. The van der Waals surface area contributed by atoms with Gasteiger partial charge in [-0.3, -0.25) is 0 Å². The van der Waals surface area contributed by atoms with Crippen LogP contribution in [0.25, 0.3) is 0 Å². The molecule has 2 heteroatoms. The number of nitrogens with zero attached hydrogens (tertiary/aromatic N) is 1. The zero-order valence-electron chi connectivity index (χ0n) is 5.45.